The number of H-pyrrole nitrogens is 1. The molecular formula is C15H16N2O4. The Morgan fingerprint density at radius 3 is 2.52 bits per heavy atom. The molecular weight excluding hydrogens is 272 g/mol. The summed E-state index contributed by atoms with van der Waals surface area (Å²) in [4.78, 5) is 25.5. The highest BCUT2D eigenvalue weighted by atomic mass is 16.6. The van der Waals surface area contributed by atoms with E-state index >= 15 is 0 Å². The molecule has 0 radical (unpaired) electrons. The van der Waals surface area contributed by atoms with Gasteiger partial charge in [-0.15, -0.1) is 0 Å². The summed E-state index contributed by atoms with van der Waals surface area (Å²) in [5.41, 5.74) is 1.03. The fourth-order valence-corrected chi connectivity index (χ4v) is 2.25. The minimum Gasteiger partial charge on any atom is -0.392 e. The molecule has 6 nitrogen and oxygen atoms in total. The molecule has 0 unspecified atom stereocenters. The average Bonchev–Trinajstić information content (AvgIpc) is 2.46. The Morgan fingerprint density at radius 2 is 1.95 bits per heavy atom. The van der Waals surface area contributed by atoms with Crippen molar-refractivity contribution in [3.8, 4) is 11.1 Å². The first kappa shape index (κ1) is 14.9. The van der Waals surface area contributed by atoms with Gasteiger partial charge in [0.2, 0.25) is 0 Å². The molecule has 0 spiro atoms. The van der Waals surface area contributed by atoms with Crippen LogP contribution < -0.4 is 5.56 Å². The van der Waals surface area contributed by atoms with Crippen LogP contribution in [0.4, 0.5) is 5.69 Å². The van der Waals surface area contributed by atoms with E-state index in [0.29, 0.717) is 16.8 Å². The molecule has 0 aliphatic rings. The number of aliphatic hydroxyl groups is 1. The monoisotopic (exact) mass is 288 g/mol. The molecule has 0 saturated heterocycles. The van der Waals surface area contributed by atoms with Crippen molar-refractivity contribution in [2.45, 2.75) is 26.4 Å². The van der Waals surface area contributed by atoms with E-state index < -0.39 is 10.5 Å². The smallest absolute Gasteiger partial charge is 0.289 e. The molecule has 2 rings (SSSR count). The standard InChI is InChI=1S/C15H16N2O4/c1-9(2)14-13(17(20)21)7-12(15(19)16-14)11-6-4-3-5-10(11)8-18/h3-7,9,18H,8H2,1-2H3,(H,16,19). The molecule has 0 atom stereocenters. The van der Waals surface area contributed by atoms with Crippen LogP contribution in [0.2, 0.25) is 0 Å². The van der Waals surface area contributed by atoms with Crippen LogP contribution in [0.1, 0.15) is 31.0 Å². The molecule has 1 aromatic carbocycles. The average molecular weight is 288 g/mol. The molecule has 0 aliphatic heterocycles. The van der Waals surface area contributed by atoms with E-state index in [2.05, 4.69) is 4.98 Å². The number of aromatic nitrogens is 1. The second-order valence-electron chi connectivity index (χ2n) is 5.04. The first-order valence-corrected chi connectivity index (χ1v) is 6.56. The summed E-state index contributed by atoms with van der Waals surface area (Å²) in [5.74, 6) is -0.166. The number of benzene rings is 1. The van der Waals surface area contributed by atoms with Gasteiger partial charge in [0.15, 0.2) is 0 Å². The molecule has 2 aromatic rings. The molecule has 1 heterocycles. The second kappa shape index (κ2) is 5.88. The van der Waals surface area contributed by atoms with Crippen molar-refractivity contribution in [1.82, 2.24) is 4.98 Å². The third kappa shape index (κ3) is 2.85. The number of nitrogens with one attached hydrogen (secondary N) is 1. The van der Waals surface area contributed by atoms with E-state index in [4.69, 9.17) is 0 Å². The fourth-order valence-electron chi connectivity index (χ4n) is 2.25. The predicted molar refractivity (Wildman–Crippen MR) is 79.2 cm³/mol. The molecule has 0 saturated carbocycles. The highest BCUT2D eigenvalue weighted by Crippen LogP contribution is 2.28. The summed E-state index contributed by atoms with van der Waals surface area (Å²) in [6, 6.07) is 8.07. The molecule has 0 aliphatic carbocycles. The Morgan fingerprint density at radius 1 is 1.29 bits per heavy atom. The van der Waals surface area contributed by atoms with Gasteiger partial charge in [-0.1, -0.05) is 38.1 Å². The zero-order valence-corrected chi connectivity index (χ0v) is 11.8. The number of rotatable bonds is 4. The van der Waals surface area contributed by atoms with E-state index in [1.54, 1.807) is 38.1 Å². The Labute approximate surface area is 121 Å². The van der Waals surface area contributed by atoms with Crippen LogP contribution >= 0.6 is 0 Å². The molecule has 110 valence electrons. The Bertz CT molecular complexity index is 735. The van der Waals surface area contributed by atoms with Crippen LogP contribution in [0.15, 0.2) is 35.1 Å². The molecule has 0 amide bonds. The van der Waals surface area contributed by atoms with E-state index in [1.807, 2.05) is 0 Å². The quantitative estimate of drug-likeness (QED) is 0.667. The van der Waals surface area contributed by atoms with Crippen LogP contribution in [0.3, 0.4) is 0 Å². The normalized spacial score (nSPS) is 10.9. The second-order valence-corrected chi connectivity index (χ2v) is 5.04. The van der Waals surface area contributed by atoms with Crippen LogP contribution in [-0.2, 0) is 6.61 Å². The van der Waals surface area contributed by atoms with Crippen molar-refractivity contribution in [3.05, 3.63) is 62.1 Å². The number of aliphatic hydroxyl groups excluding tert-OH is 1. The van der Waals surface area contributed by atoms with E-state index in [-0.39, 0.29) is 23.8 Å². The van der Waals surface area contributed by atoms with E-state index in [1.165, 1.54) is 6.07 Å². The Balaban J connectivity index is 2.74. The van der Waals surface area contributed by atoms with Gasteiger partial charge in [-0.3, -0.25) is 14.9 Å². The van der Waals surface area contributed by atoms with Crippen LogP contribution in [0.5, 0.6) is 0 Å². The first-order chi connectivity index (χ1) is 9.95. The number of pyridine rings is 1. The maximum atomic E-state index is 12.2. The van der Waals surface area contributed by atoms with Gasteiger partial charge in [0, 0.05) is 12.0 Å². The van der Waals surface area contributed by atoms with Crippen molar-refractivity contribution in [2.75, 3.05) is 0 Å². The number of nitro groups is 1. The maximum absolute atomic E-state index is 12.2. The predicted octanol–water partition coefficient (Wildman–Crippen LogP) is 2.57. The molecule has 21 heavy (non-hydrogen) atoms. The largest absolute Gasteiger partial charge is 0.392 e. The first-order valence-electron chi connectivity index (χ1n) is 6.56. The summed E-state index contributed by atoms with van der Waals surface area (Å²) in [5, 5.41) is 20.6. The zero-order valence-electron chi connectivity index (χ0n) is 11.8. The lowest BCUT2D eigenvalue weighted by Gasteiger charge is -2.10. The summed E-state index contributed by atoms with van der Waals surface area (Å²) in [6.07, 6.45) is 0. The van der Waals surface area contributed by atoms with E-state index in [9.17, 15) is 20.0 Å². The third-order valence-electron chi connectivity index (χ3n) is 3.30. The summed E-state index contributed by atoms with van der Waals surface area (Å²) in [7, 11) is 0. The van der Waals surface area contributed by atoms with Gasteiger partial charge in [-0.2, -0.15) is 0 Å². The van der Waals surface area contributed by atoms with Gasteiger partial charge >= 0.3 is 0 Å². The number of hydrogen-bond acceptors (Lipinski definition) is 4. The number of nitrogens with zero attached hydrogens (tertiary/aromatic N) is 1. The number of aromatic amines is 1. The van der Waals surface area contributed by atoms with E-state index in [0.717, 1.165) is 0 Å². The summed E-state index contributed by atoms with van der Waals surface area (Å²) >= 11 is 0. The maximum Gasteiger partial charge on any atom is 0.289 e. The zero-order chi connectivity index (χ0) is 15.6. The molecule has 0 fully saturated rings. The summed E-state index contributed by atoms with van der Waals surface area (Å²) < 4.78 is 0. The van der Waals surface area contributed by atoms with Gasteiger partial charge in [-0.25, -0.2) is 0 Å². The van der Waals surface area contributed by atoms with Gasteiger partial charge in [0.25, 0.3) is 11.2 Å². The lowest BCUT2D eigenvalue weighted by atomic mass is 9.99. The fraction of sp³-hybridized carbons (Fsp3) is 0.267. The van der Waals surface area contributed by atoms with Gasteiger partial charge in [0.1, 0.15) is 0 Å². The van der Waals surface area contributed by atoms with Crippen LogP contribution in [-0.4, -0.2) is 15.0 Å². The molecule has 2 N–H and O–H groups in total. The molecule has 6 heteroatoms. The van der Waals surface area contributed by atoms with Crippen molar-refractivity contribution in [3.63, 3.8) is 0 Å². The van der Waals surface area contributed by atoms with Crippen molar-refractivity contribution < 1.29 is 10.0 Å². The number of hydrogen-bond donors (Lipinski definition) is 2. The van der Waals surface area contributed by atoms with Crippen LogP contribution in [0.25, 0.3) is 11.1 Å². The lowest BCUT2D eigenvalue weighted by Crippen LogP contribution is -2.15. The Kier molecular flexibility index (Phi) is 4.18. The van der Waals surface area contributed by atoms with Gasteiger partial charge < -0.3 is 10.1 Å². The SMILES string of the molecule is CC(C)c1[nH]c(=O)c(-c2ccccc2CO)cc1[N+](=O)[O-]. The lowest BCUT2D eigenvalue weighted by molar-refractivity contribution is -0.386. The molecule has 0 bridgehead atoms. The highest BCUT2D eigenvalue weighted by Gasteiger charge is 2.21. The van der Waals surface area contributed by atoms with Gasteiger partial charge in [-0.05, 0) is 11.1 Å². The minimum absolute atomic E-state index is 0.118. The highest BCUT2D eigenvalue weighted by molar-refractivity contribution is 5.69. The third-order valence-corrected chi connectivity index (χ3v) is 3.30. The summed E-state index contributed by atoms with van der Waals surface area (Å²) in [6.45, 7) is 3.31. The molecule has 1 aromatic heterocycles. The Hall–Kier alpha value is -2.47. The van der Waals surface area contributed by atoms with Gasteiger partial charge in [0.05, 0.1) is 22.8 Å². The minimum atomic E-state index is -0.504. The van der Waals surface area contributed by atoms with Crippen LogP contribution in [0, 0.1) is 10.1 Å². The van der Waals surface area contributed by atoms with Crippen molar-refractivity contribution >= 4 is 5.69 Å². The topological polar surface area (TPSA) is 96.2 Å². The van der Waals surface area contributed by atoms with Crippen molar-refractivity contribution in [1.29, 1.82) is 0 Å². The van der Waals surface area contributed by atoms with Crippen molar-refractivity contribution in [2.24, 2.45) is 0 Å².